The largest absolute Gasteiger partial charge is 0.361 e. The van der Waals surface area contributed by atoms with Gasteiger partial charge in [0.15, 0.2) is 0 Å². The Morgan fingerprint density at radius 1 is 1.03 bits per heavy atom. The minimum absolute atomic E-state index is 0.250. The van der Waals surface area contributed by atoms with Crippen molar-refractivity contribution in [3.63, 3.8) is 0 Å². The number of benzene rings is 1. The van der Waals surface area contributed by atoms with Crippen LogP contribution in [0.2, 0.25) is 0 Å². The Morgan fingerprint density at radius 3 is 2.53 bits per heavy atom. The Bertz CT molecular complexity index is 1310. The molecule has 182 valence electrons. The van der Waals surface area contributed by atoms with Gasteiger partial charge in [0.2, 0.25) is 11.8 Å². The second-order valence-corrected chi connectivity index (χ2v) is 8.96. The summed E-state index contributed by atoms with van der Waals surface area (Å²) in [5.74, 6) is -1.04. The van der Waals surface area contributed by atoms with E-state index in [4.69, 9.17) is 0 Å². The lowest BCUT2D eigenvalue weighted by atomic mass is 9.96. The zero-order chi connectivity index (χ0) is 25.1. The topological polar surface area (TPSA) is 120 Å². The first-order valence-electron chi connectivity index (χ1n) is 11.8. The van der Waals surface area contributed by atoms with Crippen LogP contribution in [0.15, 0.2) is 83.9 Å². The number of rotatable bonds is 5. The molecule has 1 aromatic carbocycles. The van der Waals surface area contributed by atoms with E-state index >= 15 is 0 Å². The quantitative estimate of drug-likeness (QED) is 0.563. The van der Waals surface area contributed by atoms with Crippen LogP contribution in [0.3, 0.4) is 0 Å². The SMILES string of the molecule is O=C1CCC(N2C=C3CC=C(C(=O)NC(=O)Nc4ccc(Cc5ccncc5)cc4)C=C3C2)C(=O)N1. The van der Waals surface area contributed by atoms with E-state index < -0.39 is 18.0 Å². The number of urea groups is 1. The highest BCUT2D eigenvalue weighted by atomic mass is 16.2. The Balaban J connectivity index is 1.14. The molecule has 0 saturated carbocycles. The third kappa shape index (κ3) is 5.25. The molecule has 0 radical (unpaired) electrons. The number of carbonyl (C=O) groups is 4. The zero-order valence-electron chi connectivity index (χ0n) is 19.5. The fourth-order valence-corrected chi connectivity index (χ4v) is 4.55. The van der Waals surface area contributed by atoms with Crippen LogP contribution in [0.1, 0.15) is 30.4 Å². The first kappa shape index (κ1) is 23.2. The first-order chi connectivity index (χ1) is 17.4. The lowest BCUT2D eigenvalue weighted by Crippen LogP contribution is -2.50. The lowest BCUT2D eigenvalue weighted by Gasteiger charge is -2.29. The molecule has 1 aromatic heterocycles. The summed E-state index contributed by atoms with van der Waals surface area (Å²) in [6.07, 6.45) is 11.0. The third-order valence-electron chi connectivity index (χ3n) is 6.43. The van der Waals surface area contributed by atoms with Crippen LogP contribution in [0.25, 0.3) is 0 Å². The molecule has 1 fully saturated rings. The number of anilines is 1. The van der Waals surface area contributed by atoms with Crippen molar-refractivity contribution < 1.29 is 19.2 Å². The van der Waals surface area contributed by atoms with E-state index in [0.29, 0.717) is 37.1 Å². The van der Waals surface area contributed by atoms with E-state index in [-0.39, 0.29) is 11.8 Å². The molecule has 3 aliphatic rings. The van der Waals surface area contributed by atoms with Gasteiger partial charge in [-0.05, 0) is 71.9 Å². The van der Waals surface area contributed by atoms with Gasteiger partial charge in [-0.3, -0.25) is 30.0 Å². The van der Waals surface area contributed by atoms with E-state index in [0.717, 1.165) is 28.7 Å². The van der Waals surface area contributed by atoms with Crippen molar-refractivity contribution in [3.05, 3.63) is 95.0 Å². The minimum Gasteiger partial charge on any atom is -0.361 e. The molecule has 0 bridgehead atoms. The fraction of sp³-hybridized carbons (Fsp3) is 0.222. The van der Waals surface area contributed by atoms with E-state index in [2.05, 4.69) is 20.9 Å². The molecule has 9 nitrogen and oxygen atoms in total. The number of nitrogens with zero attached hydrogens (tertiary/aromatic N) is 2. The summed E-state index contributed by atoms with van der Waals surface area (Å²) in [4.78, 5) is 54.6. The second-order valence-electron chi connectivity index (χ2n) is 8.96. The molecule has 2 aliphatic heterocycles. The standard InChI is InChI=1S/C27H25N5O4/c33-24-8-7-23(26(35)30-24)32-15-20-4-3-19(14-21(20)16-32)25(34)31-27(36)29-22-5-1-17(2-6-22)13-18-9-11-28-12-10-18/h1-3,5-6,9-12,14-15,23H,4,7-8,13,16H2,(H,30,33,35)(H2,29,31,34,36). The predicted octanol–water partition coefficient (Wildman–Crippen LogP) is 2.58. The summed E-state index contributed by atoms with van der Waals surface area (Å²) >= 11 is 0. The van der Waals surface area contributed by atoms with Gasteiger partial charge < -0.3 is 10.2 Å². The summed E-state index contributed by atoms with van der Waals surface area (Å²) in [5.41, 5.74) is 5.16. The highest BCUT2D eigenvalue weighted by Gasteiger charge is 2.34. The van der Waals surface area contributed by atoms with E-state index in [1.54, 1.807) is 36.7 Å². The number of piperidine rings is 1. The van der Waals surface area contributed by atoms with Crippen molar-refractivity contribution in [2.75, 3.05) is 11.9 Å². The van der Waals surface area contributed by atoms with Crippen molar-refractivity contribution >= 4 is 29.4 Å². The van der Waals surface area contributed by atoms with Gasteiger partial charge in [0.1, 0.15) is 6.04 Å². The molecule has 2 aromatic rings. The molecule has 3 N–H and O–H groups in total. The molecule has 5 rings (SSSR count). The molecule has 1 saturated heterocycles. The van der Waals surface area contributed by atoms with Crippen molar-refractivity contribution in [1.82, 2.24) is 20.5 Å². The highest BCUT2D eigenvalue weighted by molar-refractivity contribution is 6.09. The molecule has 36 heavy (non-hydrogen) atoms. The smallest absolute Gasteiger partial charge is 0.326 e. The van der Waals surface area contributed by atoms with Crippen molar-refractivity contribution in [2.24, 2.45) is 0 Å². The van der Waals surface area contributed by atoms with Gasteiger partial charge in [0, 0.05) is 42.8 Å². The number of amides is 5. The number of hydrogen-bond acceptors (Lipinski definition) is 6. The van der Waals surface area contributed by atoms with Crippen LogP contribution in [0, 0.1) is 0 Å². The summed E-state index contributed by atoms with van der Waals surface area (Å²) in [6, 6.07) is 10.3. The second kappa shape index (κ2) is 9.99. The number of fused-ring (bicyclic) bond motifs is 1. The van der Waals surface area contributed by atoms with Crippen LogP contribution in [-0.4, -0.2) is 46.2 Å². The first-order valence-corrected chi connectivity index (χ1v) is 11.8. The minimum atomic E-state index is -0.612. The van der Waals surface area contributed by atoms with Gasteiger partial charge in [-0.2, -0.15) is 0 Å². The summed E-state index contributed by atoms with van der Waals surface area (Å²) < 4.78 is 0. The number of nitrogens with one attached hydrogen (secondary N) is 3. The van der Waals surface area contributed by atoms with Crippen LogP contribution >= 0.6 is 0 Å². The van der Waals surface area contributed by atoms with Crippen molar-refractivity contribution in [2.45, 2.75) is 31.7 Å². The molecule has 9 heteroatoms. The van der Waals surface area contributed by atoms with Crippen LogP contribution in [0.5, 0.6) is 0 Å². The van der Waals surface area contributed by atoms with Gasteiger partial charge in [-0.1, -0.05) is 18.2 Å². The lowest BCUT2D eigenvalue weighted by molar-refractivity contribution is -0.136. The Kier molecular flexibility index (Phi) is 6.44. The highest BCUT2D eigenvalue weighted by Crippen LogP contribution is 2.32. The fourth-order valence-electron chi connectivity index (χ4n) is 4.55. The molecule has 3 heterocycles. The monoisotopic (exact) mass is 483 g/mol. The molecule has 1 atom stereocenters. The molecule has 1 aliphatic carbocycles. The maximum atomic E-state index is 12.7. The maximum Gasteiger partial charge on any atom is 0.326 e. The normalized spacial score (nSPS) is 18.9. The number of aromatic nitrogens is 1. The average Bonchev–Trinajstić information content (AvgIpc) is 3.29. The maximum absolute atomic E-state index is 12.7. The van der Waals surface area contributed by atoms with E-state index in [9.17, 15) is 19.2 Å². The average molecular weight is 484 g/mol. The van der Waals surface area contributed by atoms with E-state index in [1.807, 2.05) is 35.4 Å². The van der Waals surface area contributed by atoms with Gasteiger partial charge >= 0.3 is 6.03 Å². The van der Waals surface area contributed by atoms with Gasteiger partial charge in [-0.25, -0.2) is 4.79 Å². The Labute approximate surface area is 208 Å². The van der Waals surface area contributed by atoms with Gasteiger partial charge in [0.25, 0.3) is 5.91 Å². The molecular formula is C27H25N5O4. The summed E-state index contributed by atoms with van der Waals surface area (Å²) in [6.45, 7) is 0.476. The molecule has 0 spiro atoms. The number of hydrogen-bond donors (Lipinski definition) is 3. The Morgan fingerprint density at radius 2 is 1.78 bits per heavy atom. The van der Waals surface area contributed by atoms with Gasteiger partial charge in [0.05, 0.1) is 0 Å². The van der Waals surface area contributed by atoms with E-state index in [1.165, 1.54) is 0 Å². The van der Waals surface area contributed by atoms with Crippen LogP contribution in [-0.2, 0) is 20.8 Å². The number of pyridine rings is 1. The molecular weight excluding hydrogens is 458 g/mol. The number of allylic oxidation sites excluding steroid dienone is 1. The molecule has 5 amide bonds. The zero-order valence-corrected chi connectivity index (χ0v) is 19.5. The molecule has 1 unspecified atom stereocenters. The van der Waals surface area contributed by atoms with Gasteiger partial charge in [-0.15, -0.1) is 0 Å². The predicted molar refractivity (Wildman–Crippen MR) is 132 cm³/mol. The number of carbonyl (C=O) groups excluding carboxylic acids is 4. The van der Waals surface area contributed by atoms with Crippen molar-refractivity contribution in [3.8, 4) is 0 Å². The summed E-state index contributed by atoms with van der Waals surface area (Å²) in [7, 11) is 0. The van der Waals surface area contributed by atoms with Crippen LogP contribution < -0.4 is 16.0 Å². The van der Waals surface area contributed by atoms with Crippen LogP contribution in [0.4, 0.5) is 10.5 Å². The van der Waals surface area contributed by atoms with Crippen molar-refractivity contribution in [1.29, 1.82) is 0 Å². The third-order valence-corrected chi connectivity index (χ3v) is 6.43. The number of imide groups is 2. The Hall–Kier alpha value is -4.53. The summed E-state index contributed by atoms with van der Waals surface area (Å²) in [5, 5.41) is 7.44.